The van der Waals surface area contributed by atoms with E-state index in [1.165, 1.54) is 5.56 Å². The van der Waals surface area contributed by atoms with Crippen molar-refractivity contribution in [1.82, 2.24) is 4.98 Å². The Bertz CT molecular complexity index is 511. The molecule has 2 heteroatoms. The van der Waals surface area contributed by atoms with Crippen molar-refractivity contribution >= 4 is 23.1 Å². The van der Waals surface area contributed by atoms with Gasteiger partial charge in [0.25, 0.3) is 0 Å². The quantitative estimate of drug-likeness (QED) is 0.692. The summed E-state index contributed by atoms with van der Waals surface area (Å²) in [5.74, 6) is 0.557. The highest BCUT2D eigenvalue weighted by molar-refractivity contribution is 7.71. The second-order valence-corrected chi connectivity index (χ2v) is 4.24. The first kappa shape index (κ1) is 9.41. The molecule has 0 aliphatic heterocycles. The summed E-state index contributed by atoms with van der Waals surface area (Å²) >= 11 is 5.24. The average molecular weight is 203 g/mol. The van der Waals surface area contributed by atoms with Crippen molar-refractivity contribution in [2.24, 2.45) is 0 Å². The van der Waals surface area contributed by atoms with Crippen molar-refractivity contribution in [2.45, 2.75) is 19.8 Å². The maximum absolute atomic E-state index is 5.24. The molecular weight excluding hydrogens is 190 g/mol. The average Bonchev–Trinajstić information content (AvgIpc) is 2.17. The second-order valence-electron chi connectivity index (χ2n) is 3.80. The van der Waals surface area contributed by atoms with E-state index in [-0.39, 0.29) is 0 Å². The highest BCUT2D eigenvalue weighted by Crippen LogP contribution is 2.20. The fraction of sp³-hybridized carbons (Fsp3) is 0.250. The molecule has 0 saturated heterocycles. The monoisotopic (exact) mass is 203 g/mol. The van der Waals surface area contributed by atoms with Gasteiger partial charge in [-0.1, -0.05) is 38.2 Å². The molecule has 1 heterocycles. The van der Waals surface area contributed by atoms with Gasteiger partial charge in [-0.05, 0) is 23.6 Å². The van der Waals surface area contributed by atoms with Crippen molar-refractivity contribution < 1.29 is 0 Å². The molecule has 2 rings (SSSR count). The van der Waals surface area contributed by atoms with Crippen molar-refractivity contribution in [3.63, 3.8) is 0 Å². The molecule has 0 saturated carbocycles. The van der Waals surface area contributed by atoms with E-state index >= 15 is 0 Å². The first-order valence-corrected chi connectivity index (χ1v) is 5.20. The van der Waals surface area contributed by atoms with Gasteiger partial charge in [0.2, 0.25) is 0 Å². The van der Waals surface area contributed by atoms with E-state index in [1.54, 1.807) is 0 Å². The zero-order valence-corrected chi connectivity index (χ0v) is 9.19. The maximum atomic E-state index is 5.24. The minimum Gasteiger partial charge on any atom is -0.361 e. The summed E-state index contributed by atoms with van der Waals surface area (Å²) in [5.41, 5.74) is 2.47. The lowest BCUT2D eigenvalue weighted by molar-refractivity contribution is 0.868. The molecule has 0 radical (unpaired) electrons. The number of aromatic amines is 1. The predicted molar refractivity (Wildman–Crippen MR) is 63.2 cm³/mol. The van der Waals surface area contributed by atoms with Crippen LogP contribution in [0.25, 0.3) is 10.9 Å². The molecule has 2 aromatic rings. The molecule has 1 nitrogen and oxygen atoms in total. The van der Waals surface area contributed by atoms with Crippen LogP contribution in [0.3, 0.4) is 0 Å². The Hall–Kier alpha value is -1.15. The van der Waals surface area contributed by atoms with Gasteiger partial charge < -0.3 is 4.98 Å². The van der Waals surface area contributed by atoms with Crippen molar-refractivity contribution in [3.8, 4) is 0 Å². The minimum atomic E-state index is 0.557. The molecule has 0 unspecified atom stereocenters. The van der Waals surface area contributed by atoms with Crippen LogP contribution in [0.4, 0.5) is 0 Å². The molecule has 0 fully saturated rings. The Balaban J connectivity index is 2.74. The van der Waals surface area contributed by atoms with Gasteiger partial charge in [0.05, 0.1) is 0 Å². The largest absolute Gasteiger partial charge is 0.361 e. The molecule has 1 aromatic carbocycles. The molecule has 14 heavy (non-hydrogen) atoms. The van der Waals surface area contributed by atoms with Gasteiger partial charge in [0.1, 0.15) is 0 Å². The van der Waals surface area contributed by atoms with Gasteiger partial charge in [0.15, 0.2) is 0 Å². The van der Waals surface area contributed by atoms with Gasteiger partial charge in [-0.3, -0.25) is 0 Å². The molecule has 0 spiro atoms. The van der Waals surface area contributed by atoms with Gasteiger partial charge in [-0.15, -0.1) is 0 Å². The molecule has 1 N–H and O–H groups in total. The van der Waals surface area contributed by atoms with E-state index < -0.39 is 0 Å². The van der Waals surface area contributed by atoms with Gasteiger partial charge in [-0.25, -0.2) is 0 Å². The third-order valence-corrected chi connectivity index (χ3v) is 2.81. The lowest BCUT2D eigenvalue weighted by Gasteiger charge is -2.06. The third kappa shape index (κ3) is 1.58. The summed E-state index contributed by atoms with van der Waals surface area (Å²) in [6.07, 6.45) is 1.90. The molecule has 1 aromatic heterocycles. The Morgan fingerprint density at radius 3 is 2.71 bits per heavy atom. The number of rotatable bonds is 1. The normalized spacial score (nSPS) is 11.1. The number of benzene rings is 1. The fourth-order valence-electron chi connectivity index (χ4n) is 1.55. The number of hydrogen-bond acceptors (Lipinski definition) is 1. The lowest BCUT2D eigenvalue weighted by Crippen LogP contribution is -1.88. The minimum absolute atomic E-state index is 0.557. The summed E-state index contributed by atoms with van der Waals surface area (Å²) in [7, 11) is 0. The summed E-state index contributed by atoms with van der Waals surface area (Å²) in [6, 6.07) is 8.35. The van der Waals surface area contributed by atoms with Gasteiger partial charge in [-0.2, -0.15) is 0 Å². The molecule has 0 aliphatic carbocycles. The predicted octanol–water partition coefficient (Wildman–Crippen LogP) is 4.02. The van der Waals surface area contributed by atoms with Crippen LogP contribution in [0.5, 0.6) is 0 Å². The van der Waals surface area contributed by atoms with E-state index in [4.69, 9.17) is 12.2 Å². The molecule has 0 amide bonds. The molecule has 0 atom stereocenters. The Morgan fingerprint density at radius 1 is 1.21 bits per heavy atom. The Kier molecular flexibility index (Phi) is 2.38. The fourth-order valence-corrected chi connectivity index (χ4v) is 1.80. The molecular formula is C12H13NS. The van der Waals surface area contributed by atoms with Crippen LogP contribution >= 0.6 is 12.2 Å². The van der Waals surface area contributed by atoms with Crippen LogP contribution in [0, 0.1) is 4.51 Å². The number of hydrogen-bond donors (Lipinski definition) is 1. The Morgan fingerprint density at radius 2 is 2.00 bits per heavy atom. The van der Waals surface area contributed by atoms with Crippen LogP contribution in [-0.4, -0.2) is 4.98 Å². The van der Waals surface area contributed by atoms with E-state index in [0.717, 1.165) is 15.4 Å². The second kappa shape index (κ2) is 3.54. The maximum Gasteiger partial charge on any atom is 0.0484 e. The first-order chi connectivity index (χ1) is 6.68. The lowest BCUT2D eigenvalue weighted by atomic mass is 10.0. The van der Waals surface area contributed by atoms with Crippen LogP contribution in [0.2, 0.25) is 0 Å². The van der Waals surface area contributed by atoms with Crippen molar-refractivity contribution in [3.05, 3.63) is 40.5 Å². The number of pyridine rings is 1. The van der Waals surface area contributed by atoms with Crippen LogP contribution < -0.4 is 0 Å². The number of fused-ring (bicyclic) bond motifs is 1. The highest BCUT2D eigenvalue weighted by Gasteiger charge is 2.00. The SMILES string of the molecule is CC(C)c1ccc2c(=S)cc[nH]c2c1. The van der Waals surface area contributed by atoms with E-state index in [9.17, 15) is 0 Å². The smallest absolute Gasteiger partial charge is 0.0484 e. The number of H-pyrrole nitrogens is 1. The standard InChI is InChI=1S/C12H13NS/c1-8(2)9-3-4-10-11(7-9)13-6-5-12(10)14/h3-8H,1-2H3,(H,13,14). The first-order valence-electron chi connectivity index (χ1n) is 4.80. The van der Waals surface area contributed by atoms with Crippen molar-refractivity contribution in [2.75, 3.05) is 0 Å². The highest BCUT2D eigenvalue weighted by atomic mass is 32.1. The molecule has 72 valence electrons. The number of nitrogens with one attached hydrogen (secondary N) is 1. The van der Waals surface area contributed by atoms with Crippen molar-refractivity contribution in [1.29, 1.82) is 0 Å². The topological polar surface area (TPSA) is 15.8 Å². The van der Waals surface area contributed by atoms with Gasteiger partial charge in [0, 0.05) is 21.6 Å². The summed E-state index contributed by atoms with van der Waals surface area (Å²) in [6.45, 7) is 4.39. The summed E-state index contributed by atoms with van der Waals surface area (Å²) < 4.78 is 0.911. The Labute approximate surface area is 88.8 Å². The van der Waals surface area contributed by atoms with Crippen LogP contribution in [0.1, 0.15) is 25.3 Å². The summed E-state index contributed by atoms with van der Waals surface area (Å²) in [5, 5.41) is 1.13. The zero-order valence-electron chi connectivity index (χ0n) is 8.37. The van der Waals surface area contributed by atoms with Crippen LogP contribution in [-0.2, 0) is 0 Å². The molecule has 0 aliphatic rings. The molecule has 0 bridgehead atoms. The summed E-state index contributed by atoms with van der Waals surface area (Å²) in [4.78, 5) is 3.22. The zero-order chi connectivity index (χ0) is 10.1. The van der Waals surface area contributed by atoms with E-state index in [0.29, 0.717) is 5.92 Å². The third-order valence-electron chi connectivity index (χ3n) is 2.45. The number of aromatic nitrogens is 1. The van der Waals surface area contributed by atoms with E-state index in [2.05, 4.69) is 37.0 Å². The van der Waals surface area contributed by atoms with E-state index in [1.807, 2.05) is 12.3 Å². The van der Waals surface area contributed by atoms with Gasteiger partial charge >= 0.3 is 0 Å². The van der Waals surface area contributed by atoms with Crippen LogP contribution in [0.15, 0.2) is 30.5 Å².